The molecule has 1 aliphatic heterocycles. The van der Waals surface area contributed by atoms with E-state index in [1.165, 1.54) is 0 Å². The summed E-state index contributed by atoms with van der Waals surface area (Å²) in [5.74, 6) is -2.10. The molecule has 1 aromatic rings. The molecule has 1 aromatic carbocycles. The average molecular weight is 302 g/mol. The molecule has 4 nitrogen and oxygen atoms in total. The number of fused-ring (bicyclic) bond motifs is 1. The van der Waals surface area contributed by atoms with Crippen molar-refractivity contribution in [2.24, 2.45) is 11.8 Å². The first-order chi connectivity index (χ1) is 10.1. The second-order valence-electron chi connectivity index (χ2n) is 5.13. The molecule has 108 valence electrons. The molecular formula is C16H14O4S. The summed E-state index contributed by atoms with van der Waals surface area (Å²) < 4.78 is 17.1. The van der Waals surface area contributed by atoms with Crippen LogP contribution in [-0.2, 0) is 25.1 Å². The van der Waals surface area contributed by atoms with Crippen LogP contribution in [0.5, 0.6) is 0 Å². The Morgan fingerprint density at radius 3 is 2.62 bits per heavy atom. The van der Waals surface area contributed by atoms with Crippen molar-refractivity contribution in [2.45, 2.75) is 18.2 Å². The highest BCUT2D eigenvalue weighted by atomic mass is 32.2. The summed E-state index contributed by atoms with van der Waals surface area (Å²) >= 11 is 0. The minimum absolute atomic E-state index is 0.472. The Balaban J connectivity index is 1.99. The minimum atomic E-state index is -1.36. The number of cyclic esters (lactones) is 2. The number of hydrogen-bond acceptors (Lipinski definition) is 4. The molecule has 1 saturated heterocycles. The number of allylic oxidation sites excluding steroid dienone is 2. The van der Waals surface area contributed by atoms with E-state index >= 15 is 0 Å². The summed E-state index contributed by atoms with van der Waals surface area (Å²) in [6, 6.07) is 9.01. The van der Waals surface area contributed by atoms with Gasteiger partial charge in [-0.25, -0.2) is 4.21 Å². The molecule has 5 heteroatoms. The van der Waals surface area contributed by atoms with Gasteiger partial charge in [-0.1, -0.05) is 29.8 Å². The van der Waals surface area contributed by atoms with Crippen LogP contribution in [0.2, 0.25) is 0 Å². The van der Waals surface area contributed by atoms with Crippen molar-refractivity contribution >= 4 is 22.7 Å². The van der Waals surface area contributed by atoms with Gasteiger partial charge in [-0.15, -0.1) is 0 Å². The molecule has 1 fully saturated rings. The van der Waals surface area contributed by atoms with Crippen LogP contribution in [0.4, 0.5) is 0 Å². The van der Waals surface area contributed by atoms with Gasteiger partial charge in [-0.3, -0.25) is 9.59 Å². The number of rotatable bonds is 2. The summed E-state index contributed by atoms with van der Waals surface area (Å²) in [7, 11) is -1.36. The van der Waals surface area contributed by atoms with Crippen molar-refractivity contribution in [2.75, 3.05) is 0 Å². The quantitative estimate of drug-likeness (QED) is 0.621. The first-order valence-electron chi connectivity index (χ1n) is 6.68. The predicted octanol–water partition coefficient (Wildman–Crippen LogP) is 2.34. The maximum atomic E-state index is 12.4. The first kappa shape index (κ1) is 13.9. The average Bonchev–Trinajstić information content (AvgIpc) is 2.77. The van der Waals surface area contributed by atoms with Crippen LogP contribution >= 0.6 is 0 Å². The fraction of sp³-hybridized carbons (Fsp3) is 0.250. The molecule has 1 aliphatic carbocycles. The Kier molecular flexibility index (Phi) is 3.59. The Morgan fingerprint density at radius 2 is 1.90 bits per heavy atom. The molecule has 0 bridgehead atoms. The number of benzene rings is 1. The van der Waals surface area contributed by atoms with Crippen LogP contribution in [0.3, 0.4) is 0 Å². The van der Waals surface area contributed by atoms with Crippen molar-refractivity contribution in [3.05, 3.63) is 53.0 Å². The number of ether oxygens (including phenoxy) is 1. The van der Waals surface area contributed by atoms with E-state index < -0.39 is 34.6 Å². The monoisotopic (exact) mass is 302 g/mol. The Hall–Kier alpha value is -2.01. The molecule has 21 heavy (non-hydrogen) atoms. The molecule has 3 rings (SSSR count). The second-order valence-corrected chi connectivity index (χ2v) is 6.43. The van der Waals surface area contributed by atoms with E-state index in [9.17, 15) is 13.8 Å². The van der Waals surface area contributed by atoms with Gasteiger partial charge in [0, 0.05) is 10.3 Å². The summed E-state index contributed by atoms with van der Waals surface area (Å²) in [5.41, 5.74) is 1.52. The highest BCUT2D eigenvalue weighted by Gasteiger charge is 2.47. The van der Waals surface area contributed by atoms with Gasteiger partial charge in [-0.2, -0.15) is 0 Å². The van der Waals surface area contributed by atoms with Gasteiger partial charge >= 0.3 is 11.9 Å². The highest BCUT2D eigenvalue weighted by molar-refractivity contribution is 7.88. The summed E-state index contributed by atoms with van der Waals surface area (Å²) in [6.07, 6.45) is 2.39. The normalized spacial score (nSPS) is 28.0. The zero-order chi connectivity index (χ0) is 15.0. The van der Waals surface area contributed by atoms with Crippen LogP contribution < -0.4 is 0 Å². The number of carbonyl (C=O) groups excluding carboxylic acids is 2. The molecule has 0 spiro atoms. The third kappa shape index (κ3) is 2.49. The number of hydrogen-bond donors (Lipinski definition) is 0. The first-order valence-corrected chi connectivity index (χ1v) is 7.89. The predicted molar refractivity (Wildman–Crippen MR) is 77.4 cm³/mol. The van der Waals surface area contributed by atoms with E-state index in [4.69, 9.17) is 4.74 Å². The smallest absolute Gasteiger partial charge is 0.321 e. The highest BCUT2D eigenvalue weighted by Crippen LogP contribution is 2.40. The van der Waals surface area contributed by atoms with Crippen LogP contribution in [0.15, 0.2) is 57.9 Å². The van der Waals surface area contributed by atoms with Gasteiger partial charge in [-0.05, 0) is 31.1 Å². The van der Waals surface area contributed by atoms with Crippen LogP contribution in [0.1, 0.15) is 13.3 Å². The lowest BCUT2D eigenvalue weighted by molar-refractivity contribution is -0.153. The van der Waals surface area contributed by atoms with E-state index in [0.717, 1.165) is 5.57 Å². The van der Waals surface area contributed by atoms with Crippen molar-refractivity contribution < 1.29 is 18.5 Å². The molecule has 0 aromatic heterocycles. The van der Waals surface area contributed by atoms with Crippen LogP contribution in [-0.4, -0.2) is 16.1 Å². The van der Waals surface area contributed by atoms with Gasteiger partial charge in [0.15, 0.2) is 0 Å². The summed E-state index contributed by atoms with van der Waals surface area (Å²) in [4.78, 5) is 24.2. The summed E-state index contributed by atoms with van der Waals surface area (Å²) in [5, 5.41) is 1.57. The standard InChI is InChI=1S/C16H14O4S/c1-10-7-8-12-14(16(18)20-15(12)17)13(10)9-21(19)11-5-3-2-4-6-11/h2-7,9,12,14H,8H2,1H3/b13-9+/t12-,14-,21?/m0/s1. The van der Waals surface area contributed by atoms with Gasteiger partial charge in [0.1, 0.15) is 0 Å². The van der Waals surface area contributed by atoms with Gasteiger partial charge in [0.05, 0.1) is 22.6 Å². The van der Waals surface area contributed by atoms with E-state index in [0.29, 0.717) is 16.9 Å². The Morgan fingerprint density at radius 1 is 1.19 bits per heavy atom. The maximum Gasteiger partial charge on any atom is 0.321 e. The second kappa shape index (κ2) is 5.41. The van der Waals surface area contributed by atoms with E-state index in [-0.39, 0.29) is 0 Å². The largest absolute Gasteiger partial charge is 0.392 e. The van der Waals surface area contributed by atoms with Crippen LogP contribution in [0, 0.1) is 11.8 Å². The maximum absolute atomic E-state index is 12.4. The zero-order valence-electron chi connectivity index (χ0n) is 11.4. The van der Waals surface area contributed by atoms with E-state index in [1.54, 1.807) is 17.5 Å². The lowest BCUT2D eigenvalue weighted by Crippen LogP contribution is -2.24. The molecule has 0 N–H and O–H groups in total. The zero-order valence-corrected chi connectivity index (χ0v) is 12.3. The third-order valence-electron chi connectivity index (χ3n) is 3.84. The topological polar surface area (TPSA) is 60.4 Å². The fourth-order valence-corrected chi connectivity index (χ4v) is 3.81. The molecule has 0 amide bonds. The lowest BCUT2D eigenvalue weighted by atomic mass is 9.78. The van der Waals surface area contributed by atoms with Gasteiger partial charge < -0.3 is 4.74 Å². The van der Waals surface area contributed by atoms with Crippen molar-refractivity contribution in [3.8, 4) is 0 Å². The molecule has 0 radical (unpaired) electrons. The number of carbonyl (C=O) groups is 2. The molecule has 2 aliphatic rings. The van der Waals surface area contributed by atoms with Crippen molar-refractivity contribution in [1.29, 1.82) is 0 Å². The summed E-state index contributed by atoms with van der Waals surface area (Å²) in [6.45, 7) is 1.86. The van der Waals surface area contributed by atoms with Crippen LogP contribution in [0.25, 0.3) is 0 Å². The minimum Gasteiger partial charge on any atom is -0.392 e. The Bertz CT molecular complexity index is 687. The molecular weight excluding hydrogens is 288 g/mol. The number of esters is 2. The SMILES string of the molecule is CC1=CC[C@@H]2C(=O)OC(=O)[C@@H]2/C1=C/S(=O)c1ccccc1. The molecule has 1 unspecified atom stereocenters. The lowest BCUT2D eigenvalue weighted by Gasteiger charge is -2.22. The Labute approximate surface area is 125 Å². The molecule has 0 saturated carbocycles. The van der Waals surface area contributed by atoms with Gasteiger partial charge in [0.25, 0.3) is 0 Å². The van der Waals surface area contributed by atoms with Crippen molar-refractivity contribution in [1.82, 2.24) is 0 Å². The van der Waals surface area contributed by atoms with E-state index in [2.05, 4.69) is 0 Å². The van der Waals surface area contributed by atoms with Crippen molar-refractivity contribution in [3.63, 3.8) is 0 Å². The van der Waals surface area contributed by atoms with E-state index in [1.807, 2.05) is 31.2 Å². The fourth-order valence-electron chi connectivity index (χ4n) is 2.69. The molecule has 3 atom stereocenters. The molecule has 1 heterocycles. The third-order valence-corrected chi connectivity index (χ3v) is 5.04. The van der Waals surface area contributed by atoms with Gasteiger partial charge in [0.2, 0.25) is 0 Å².